The molecule has 1 aliphatic heterocycles. The van der Waals surface area contributed by atoms with E-state index < -0.39 is 0 Å². The number of aromatic nitrogens is 3. The van der Waals surface area contributed by atoms with Crippen LogP contribution in [0, 0.1) is 0 Å². The topological polar surface area (TPSA) is 59.8 Å². The van der Waals surface area contributed by atoms with Gasteiger partial charge in [0.25, 0.3) is 5.91 Å². The maximum Gasteiger partial charge on any atom is 0.252 e. The highest BCUT2D eigenvalue weighted by atomic mass is 16.2. The van der Waals surface area contributed by atoms with Crippen LogP contribution >= 0.6 is 0 Å². The molecule has 25 heavy (non-hydrogen) atoms. The lowest BCUT2D eigenvalue weighted by Crippen LogP contribution is -2.22. The predicted octanol–water partition coefficient (Wildman–Crippen LogP) is 3.17. The van der Waals surface area contributed by atoms with Crippen LogP contribution < -0.4 is 5.32 Å². The van der Waals surface area contributed by atoms with Crippen molar-refractivity contribution >= 4 is 5.91 Å². The summed E-state index contributed by atoms with van der Waals surface area (Å²) in [6.07, 6.45) is 2.97. The molecule has 124 valence electrons. The minimum atomic E-state index is -0.0533. The summed E-state index contributed by atoms with van der Waals surface area (Å²) in [6.45, 7) is 0. The second kappa shape index (κ2) is 5.55. The fourth-order valence-electron chi connectivity index (χ4n) is 3.45. The van der Waals surface area contributed by atoms with Crippen LogP contribution in [0.4, 0.5) is 0 Å². The van der Waals surface area contributed by atoms with Crippen molar-refractivity contribution in [2.75, 3.05) is 0 Å². The number of benzene rings is 2. The van der Waals surface area contributed by atoms with Gasteiger partial charge in [-0.2, -0.15) is 5.10 Å². The van der Waals surface area contributed by atoms with Crippen molar-refractivity contribution in [2.24, 2.45) is 0 Å². The number of hydrogen-bond acceptors (Lipinski definition) is 3. The summed E-state index contributed by atoms with van der Waals surface area (Å²) in [6, 6.07) is 17.8. The van der Waals surface area contributed by atoms with Gasteiger partial charge in [-0.25, -0.2) is 9.67 Å². The highest BCUT2D eigenvalue weighted by molar-refractivity contribution is 5.99. The maximum absolute atomic E-state index is 12.2. The molecule has 1 atom stereocenters. The quantitative estimate of drug-likeness (QED) is 0.799. The van der Waals surface area contributed by atoms with E-state index in [1.54, 1.807) is 0 Å². The first-order valence-corrected chi connectivity index (χ1v) is 8.70. The normalized spacial score (nSPS) is 18.9. The number of rotatable bonds is 4. The Hall–Kier alpha value is -2.95. The molecule has 2 aromatic carbocycles. The summed E-state index contributed by atoms with van der Waals surface area (Å²) in [4.78, 5) is 17.0. The Bertz CT molecular complexity index is 943. The monoisotopic (exact) mass is 330 g/mol. The molecule has 3 aromatic rings. The van der Waals surface area contributed by atoms with Gasteiger partial charge in [0.15, 0.2) is 5.82 Å². The summed E-state index contributed by atoms with van der Waals surface area (Å²) in [7, 11) is 0. The average Bonchev–Trinajstić information content (AvgIpc) is 3.35. The van der Waals surface area contributed by atoms with Crippen LogP contribution in [0.25, 0.3) is 5.69 Å². The van der Waals surface area contributed by atoms with Gasteiger partial charge in [-0.3, -0.25) is 4.79 Å². The Morgan fingerprint density at radius 2 is 1.80 bits per heavy atom. The van der Waals surface area contributed by atoms with Crippen LogP contribution in [-0.2, 0) is 6.42 Å². The van der Waals surface area contributed by atoms with Crippen molar-refractivity contribution in [1.82, 2.24) is 20.1 Å². The molecule has 0 spiro atoms. The van der Waals surface area contributed by atoms with Crippen molar-refractivity contribution < 1.29 is 4.79 Å². The van der Waals surface area contributed by atoms with Gasteiger partial charge in [-0.15, -0.1) is 0 Å². The van der Waals surface area contributed by atoms with E-state index in [0.29, 0.717) is 12.3 Å². The molecule has 2 aliphatic rings. The lowest BCUT2D eigenvalue weighted by Gasteiger charge is -2.12. The highest BCUT2D eigenvalue weighted by Gasteiger charge is 2.32. The number of hydrogen-bond donors (Lipinski definition) is 1. The van der Waals surface area contributed by atoms with E-state index in [1.165, 1.54) is 12.8 Å². The maximum atomic E-state index is 12.2. The molecule has 1 aromatic heterocycles. The highest BCUT2D eigenvalue weighted by Crippen LogP contribution is 2.39. The van der Waals surface area contributed by atoms with Gasteiger partial charge in [0.05, 0.1) is 11.7 Å². The number of nitrogens with one attached hydrogen (secondary N) is 1. The van der Waals surface area contributed by atoms with E-state index in [4.69, 9.17) is 10.1 Å². The number of fused-ring (bicyclic) bond motifs is 1. The molecule has 1 N–H and O–H groups in total. The first kappa shape index (κ1) is 14.4. The SMILES string of the molecule is O=C1N[C@H](Cc2nc(C3CC3)nn2-c2ccccc2)c2ccccc21. The Morgan fingerprint density at radius 3 is 2.60 bits per heavy atom. The Kier molecular flexibility index (Phi) is 3.20. The molecule has 1 aliphatic carbocycles. The lowest BCUT2D eigenvalue weighted by atomic mass is 10.0. The minimum Gasteiger partial charge on any atom is -0.345 e. The van der Waals surface area contributed by atoms with Crippen LogP contribution in [0.15, 0.2) is 54.6 Å². The van der Waals surface area contributed by atoms with E-state index in [-0.39, 0.29) is 11.9 Å². The molecule has 5 heteroatoms. The molecule has 0 unspecified atom stereocenters. The Balaban J connectivity index is 1.53. The summed E-state index contributed by atoms with van der Waals surface area (Å²) in [5, 5.41) is 7.83. The number of para-hydroxylation sites is 1. The van der Waals surface area contributed by atoms with E-state index in [0.717, 1.165) is 28.5 Å². The van der Waals surface area contributed by atoms with E-state index in [1.807, 2.05) is 59.3 Å². The van der Waals surface area contributed by atoms with E-state index >= 15 is 0 Å². The third-order valence-electron chi connectivity index (χ3n) is 4.91. The first-order valence-electron chi connectivity index (χ1n) is 8.70. The van der Waals surface area contributed by atoms with Crippen LogP contribution in [0.2, 0.25) is 0 Å². The molecule has 1 saturated carbocycles. The first-order chi connectivity index (χ1) is 12.3. The zero-order valence-electron chi connectivity index (χ0n) is 13.7. The van der Waals surface area contributed by atoms with Crippen molar-refractivity contribution in [3.8, 4) is 5.69 Å². The van der Waals surface area contributed by atoms with E-state index in [9.17, 15) is 4.79 Å². The second-order valence-corrected chi connectivity index (χ2v) is 6.73. The average molecular weight is 330 g/mol. The van der Waals surface area contributed by atoms with Gasteiger partial charge in [0.1, 0.15) is 5.82 Å². The molecule has 1 fully saturated rings. The Labute approximate surface area is 145 Å². The van der Waals surface area contributed by atoms with E-state index in [2.05, 4.69) is 5.32 Å². The van der Waals surface area contributed by atoms with Gasteiger partial charge in [0, 0.05) is 17.9 Å². The standard InChI is InChI=1S/C20H18N4O/c25-20-16-9-5-4-8-15(16)17(21-20)12-18-22-19(13-10-11-13)23-24(18)14-6-2-1-3-7-14/h1-9,13,17H,10-12H2,(H,21,25)/t17-/m1/s1. The number of nitrogens with zero attached hydrogens (tertiary/aromatic N) is 3. The largest absolute Gasteiger partial charge is 0.345 e. The van der Waals surface area contributed by atoms with Gasteiger partial charge in [-0.05, 0) is 36.6 Å². The molecule has 5 rings (SSSR count). The fourth-order valence-corrected chi connectivity index (χ4v) is 3.45. The number of carbonyl (C=O) groups excluding carboxylic acids is 1. The number of carbonyl (C=O) groups is 1. The summed E-state index contributed by atoms with van der Waals surface area (Å²) in [5.74, 6) is 2.31. The molecule has 1 amide bonds. The van der Waals surface area contributed by atoms with Crippen molar-refractivity contribution in [3.05, 3.63) is 77.4 Å². The lowest BCUT2D eigenvalue weighted by molar-refractivity contribution is 0.0956. The van der Waals surface area contributed by atoms with Crippen molar-refractivity contribution in [1.29, 1.82) is 0 Å². The molecule has 2 heterocycles. The second-order valence-electron chi connectivity index (χ2n) is 6.73. The molecule has 5 nitrogen and oxygen atoms in total. The zero-order valence-corrected chi connectivity index (χ0v) is 13.7. The Morgan fingerprint density at radius 1 is 1.04 bits per heavy atom. The molecule has 0 radical (unpaired) electrons. The number of amides is 1. The zero-order chi connectivity index (χ0) is 16.8. The van der Waals surface area contributed by atoms with Crippen LogP contribution in [0.5, 0.6) is 0 Å². The van der Waals surface area contributed by atoms with Crippen LogP contribution in [0.3, 0.4) is 0 Å². The van der Waals surface area contributed by atoms with Crippen LogP contribution in [0.1, 0.15) is 52.4 Å². The molecule has 0 saturated heterocycles. The summed E-state index contributed by atoms with van der Waals surface area (Å²) >= 11 is 0. The van der Waals surface area contributed by atoms with Gasteiger partial charge < -0.3 is 5.32 Å². The predicted molar refractivity (Wildman–Crippen MR) is 93.7 cm³/mol. The molecule has 0 bridgehead atoms. The minimum absolute atomic E-state index is 0.00575. The molecular weight excluding hydrogens is 312 g/mol. The summed E-state index contributed by atoms with van der Waals surface area (Å²) < 4.78 is 1.93. The van der Waals surface area contributed by atoms with Crippen LogP contribution in [-0.4, -0.2) is 20.7 Å². The fraction of sp³-hybridized carbons (Fsp3) is 0.250. The summed E-state index contributed by atoms with van der Waals surface area (Å²) in [5.41, 5.74) is 2.82. The van der Waals surface area contributed by atoms with Crippen molar-refractivity contribution in [3.63, 3.8) is 0 Å². The smallest absolute Gasteiger partial charge is 0.252 e. The van der Waals surface area contributed by atoms with Crippen molar-refractivity contribution in [2.45, 2.75) is 31.2 Å². The van der Waals surface area contributed by atoms with Gasteiger partial charge in [-0.1, -0.05) is 36.4 Å². The third kappa shape index (κ3) is 2.52. The molecular formula is C20H18N4O. The van der Waals surface area contributed by atoms with Gasteiger partial charge >= 0.3 is 0 Å². The van der Waals surface area contributed by atoms with Gasteiger partial charge in [0.2, 0.25) is 0 Å². The third-order valence-corrected chi connectivity index (χ3v) is 4.91.